The molecule has 0 bridgehead atoms. The Hall–Kier alpha value is -0.246. The predicted octanol–water partition coefficient (Wildman–Crippen LogP) is 4.20. The summed E-state index contributed by atoms with van der Waals surface area (Å²) >= 11 is -0.327. The summed E-state index contributed by atoms with van der Waals surface area (Å²) in [5, 5.41) is 0. The van der Waals surface area contributed by atoms with Crippen LogP contribution in [-0.4, -0.2) is 5.97 Å². The van der Waals surface area contributed by atoms with Crippen LogP contribution in [0.2, 0.25) is 4.73 Å². The second-order valence-electron chi connectivity index (χ2n) is 3.46. The van der Waals surface area contributed by atoms with E-state index in [9.17, 15) is 4.79 Å². The first-order valence-electron chi connectivity index (χ1n) is 5.20. The number of halogens is 3. The third kappa shape index (κ3) is 7.81. The fourth-order valence-electron chi connectivity index (χ4n) is 1.42. The molecular weight excluding hydrogens is 342 g/mol. The van der Waals surface area contributed by atoms with Gasteiger partial charge in [0, 0.05) is 0 Å². The van der Waals surface area contributed by atoms with Crippen molar-refractivity contribution in [3.63, 3.8) is 0 Å². The summed E-state index contributed by atoms with van der Waals surface area (Å²) < 4.78 is 7.21. The van der Waals surface area contributed by atoms with E-state index >= 15 is 0 Å². The van der Waals surface area contributed by atoms with E-state index in [2.05, 4.69) is 18.2 Å². The molecule has 19 heavy (non-hydrogen) atoms. The monoisotopic (exact) mass is 356 g/mol. The van der Waals surface area contributed by atoms with Crippen LogP contribution in [-0.2, 0) is 23.9 Å². The standard InChI is InChI=1S/C8H7O2.C5H5.3ClH.Ti/c1-7(9)10-8-5-3-2-4-6-8;1-2-4-5-3-1;;;;/h2-6H,1H2;1-3H,4H2;3*1H;. The van der Waals surface area contributed by atoms with Crippen molar-refractivity contribution in [1.82, 2.24) is 0 Å². The molecule has 0 amide bonds. The van der Waals surface area contributed by atoms with E-state index in [0.29, 0.717) is 10.5 Å². The molecule has 1 aromatic carbocycles. The van der Waals surface area contributed by atoms with Gasteiger partial charge >= 0.3 is 104 Å². The summed E-state index contributed by atoms with van der Waals surface area (Å²) in [6, 6.07) is 9.23. The van der Waals surface area contributed by atoms with Crippen molar-refractivity contribution in [2.75, 3.05) is 0 Å². The van der Waals surface area contributed by atoms with Gasteiger partial charge in [-0.1, -0.05) is 0 Å². The summed E-state index contributed by atoms with van der Waals surface area (Å²) in [5.74, 6) is 0.525. The number of benzene rings is 1. The van der Waals surface area contributed by atoms with Gasteiger partial charge in [-0.3, -0.25) is 0 Å². The number of hydrogen-bond donors (Lipinski definition) is 0. The molecule has 6 heteroatoms. The minimum atomic E-state index is -0.327. The first-order valence-corrected chi connectivity index (χ1v) is 7.08. The first kappa shape index (κ1) is 21.1. The van der Waals surface area contributed by atoms with Gasteiger partial charge in [0.2, 0.25) is 0 Å². The van der Waals surface area contributed by atoms with Crippen LogP contribution >= 0.6 is 37.2 Å². The molecule has 0 radical (unpaired) electrons. The Morgan fingerprint density at radius 3 is 2.42 bits per heavy atom. The van der Waals surface area contributed by atoms with Crippen LogP contribution in [0.15, 0.2) is 52.4 Å². The second-order valence-corrected chi connectivity index (χ2v) is 5.57. The normalized spacial score (nSPS) is 11.3. The van der Waals surface area contributed by atoms with E-state index in [1.165, 1.54) is 3.88 Å². The summed E-state index contributed by atoms with van der Waals surface area (Å²) in [5.41, 5.74) is 0. The van der Waals surface area contributed by atoms with Crippen LogP contribution < -0.4 is 4.74 Å². The molecule has 104 valence electrons. The molecule has 2 rings (SSSR count). The molecule has 0 N–H and O–H groups in total. The van der Waals surface area contributed by atoms with Crippen molar-refractivity contribution >= 4 is 43.2 Å². The number of esters is 1. The van der Waals surface area contributed by atoms with Crippen LogP contribution in [0.5, 0.6) is 5.75 Å². The molecule has 0 spiro atoms. The van der Waals surface area contributed by atoms with Crippen LogP contribution in [0, 0.1) is 0 Å². The van der Waals surface area contributed by atoms with Crippen molar-refractivity contribution in [2.45, 2.75) is 11.1 Å². The van der Waals surface area contributed by atoms with Crippen LogP contribution in [0.3, 0.4) is 0 Å². The van der Waals surface area contributed by atoms with E-state index in [0.717, 1.165) is 6.42 Å². The number of hydrogen-bond acceptors (Lipinski definition) is 2. The summed E-state index contributed by atoms with van der Waals surface area (Å²) in [6.45, 7) is 0. The predicted molar refractivity (Wildman–Crippen MR) is 80.5 cm³/mol. The topological polar surface area (TPSA) is 26.3 Å². The first-order chi connectivity index (χ1) is 7.84. The zero-order valence-electron chi connectivity index (χ0n) is 10.1. The zero-order valence-corrected chi connectivity index (χ0v) is 14.1. The van der Waals surface area contributed by atoms with Gasteiger partial charge in [-0.05, 0) is 0 Å². The zero-order chi connectivity index (χ0) is 11.2. The number of carbonyl (C=O) groups excluding carboxylic acids is 1. The molecule has 1 aromatic rings. The average Bonchev–Trinajstić information content (AvgIpc) is 2.81. The third-order valence-corrected chi connectivity index (χ3v) is 4.22. The van der Waals surface area contributed by atoms with Crippen molar-refractivity contribution in [3.05, 3.63) is 52.4 Å². The fourth-order valence-corrected chi connectivity index (χ4v) is 2.86. The summed E-state index contributed by atoms with van der Waals surface area (Å²) in [7, 11) is 0. The van der Waals surface area contributed by atoms with Gasteiger partial charge in [0.15, 0.2) is 0 Å². The van der Waals surface area contributed by atoms with Gasteiger partial charge in [-0.15, -0.1) is 37.2 Å². The van der Waals surface area contributed by atoms with Crippen molar-refractivity contribution < 1.29 is 28.7 Å². The molecule has 0 atom stereocenters. The van der Waals surface area contributed by atoms with Gasteiger partial charge in [0.05, 0.1) is 0 Å². The van der Waals surface area contributed by atoms with Crippen molar-refractivity contribution in [2.24, 2.45) is 0 Å². The minimum absolute atomic E-state index is 0. The van der Waals surface area contributed by atoms with Crippen LogP contribution in [0.1, 0.15) is 6.42 Å². The Labute approximate surface area is 140 Å². The molecule has 0 fully saturated rings. The molecular formula is C13H15Cl3O2Ti. The molecule has 1 aliphatic rings. The van der Waals surface area contributed by atoms with Crippen molar-refractivity contribution in [3.8, 4) is 5.75 Å². The Morgan fingerprint density at radius 2 is 1.84 bits per heavy atom. The number of ether oxygens (including phenoxy) is 1. The van der Waals surface area contributed by atoms with E-state index < -0.39 is 0 Å². The van der Waals surface area contributed by atoms with Gasteiger partial charge in [0.25, 0.3) is 0 Å². The number of allylic oxidation sites excluding steroid dienone is 4. The molecule has 0 aliphatic heterocycles. The molecule has 0 heterocycles. The summed E-state index contributed by atoms with van der Waals surface area (Å²) in [6.07, 6.45) is 7.33. The van der Waals surface area contributed by atoms with Gasteiger partial charge in [0.1, 0.15) is 0 Å². The second kappa shape index (κ2) is 11.6. The van der Waals surface area contributed by atoms with E-state index in [1.807, 2.05) is 18.2 Å². The number of para-hydroxylation sites is 1. The van der Waals surface area contributed by atoms with E-state index in [4.69, 9.17) is 4.74 Å². The average molecular weight is 357 g/mol. The quantitative estimate of drug-likeness (QED) is 0.459. The van der Waals surface area contributed by atoms with Gasteiger partial charge < -0.3 is 0 Å². The molecule has 0 unspecified atom stereocenters. The third-order valence-electron chi connectivity index (χ3n) is 2.21. The number of rotatable bonds is 4. The molecule has 0 saturated carbocycles. The fraction of sp³-hybridized carbons (Fsp3) is 0.154. The van der Waals surface area contributed by atoms with E-state index in [1.54, 1.807) is 12.1 Å². The molecule has 1 aliphatic carbocycles. The maximum absolute atomic E-state index is 11.5. The molecule has 2 nitrogen and oxygen atoms in total. The Morgan fingerprint density at radius 1 is 1.16 bits per heavy atom. The Kier molecular flexibility index (Phi) is 12.8. The Bertz CT molecular complexity index is 433. The maximum atomic E-state index is 11.5. The van der Waals surface area contributed by atoms with Crippen LogP contribution in [0.25, 0.3) is 0 Å². The summed E-state index contributed by atoms with van der Waals surface area (Å²) in [4.78, 5) is 11.5. The van der Waals surface area contributed by atoms with Crippen LogP contribution in [0.4, 0.5) is 0 Å². The molecule has 0 saturated heterocycles. The molecule has 0 aromatic heterocycles. The SMILES string of the molecule is Cl.Cl.Cl.O=C([CH2][Ti][C]1=CC=CC1)Oc1ccccc1. The van der Waals surface area contributed by atoms with Gasteiger partial charge in [-0.2, -0.15) is 0 Å². The van der Waals surface area contributed by atoms with Crippen molar-refractivity contribution in [1.29, 1.82) is 0 Å². The van der Waals surface area contributed by atoms with E-state index in [-0.39, 0.29) is 62.3 Å². The Balaban J connectivity index is 0. The number of carbonyl (C=O) groups is 1. The van der Waals surface area contributed by atoms with Gasteiger partial charge in [-0.25, -0.2) is 0 Å².